The van der Waals surface area contributed by atoms with Gasteiger partial charge in [0.1, 0.15) is 0 Å². The fourth-order valence-electron chi connectivity index (χ4n) is 2.81. The van der Waals surface area contributed by atoms with E-state index in [-0.39, 0.29) is 0 Å². The molecule has 2 atom stereocenters. The summed E-state index contributed by atoms with van der Waals surface area (Å²) in [5.41, 5.74) is 7.29. The van der Waals surface area contributed by atoms with E-state index in [0.29, 0.717) is 18.6 Å². The van der Waals surface area contributed by atoms with Crippen molar-refractivity contribution in [3.05, 3.63) is 30.1 Å². The molecule has 1 aliphatic rings. The summed E-state index contributed by atoms with van der Waals surface area (Å²) in [5, 5.41) is 0. The minimum atomic E-state index is 0.353. The van der Waals surface area contributed by atoms with Gasteiger partial charge >= 0.3 is 0 Å². The first kappa shape index (κ1) is 12.5. The Kier molecular flexibility index (Phi) is 4.51. The average Bonchev–Trinajstić information content (AvgIpc) is 2.58. The van der Waals surface area contributed by atoms with Crippen LogP contribution in [0, 0.1) is 0 Å². The molecule has 0 radical (unpaired) electrons. The van der Waals surface area contributed by atoms with Gasteiger partial charge in [0.25, 0.3) is 0 Å². The van der Waals surface area contributed by atoms with Crippen molar-refractivity contribution in [3.63, 3.8) is 0 Å². The molecule has 1 aromatic rings. The second-order valence-electron chi connectivity index (χ2n) is 4.97. The lowest BCUT2D eigenvalue weighted by Gasteiger charge is -2.34. The molecule has 3 nitrogen and oxygen atoms in total. The molecule has 0 aromatic carbocycles. The van der Waals surface area contributed by atoms with Crippen LogP contribution >= 0.6 is 0 Å². The summed E-state index contributed by atoms with van der Waals surface area (Å²) in [4.78, 5) is 6.66. The van der Waals surface area contributed by atoms with Crippen LogP contribution in [0.4, 0.5) is 0 Å². The normalized spacial score (nSPS) is 24.2. The zero-order valence-corrected chi connectivity index (χ0v) is 10.7. The third-order valence-electron chi connectivity index (χ3n) is 3.82. The van der Waals surface area contributed by atoms with E-state index in [1.807, 2.05) is 12.4 Å². The second kappa shape index (κ2) is 6.12. The van der Waals surface area contributed by atoms with Crippen LogP contribution in [0.5, 0.6) is 0 Å². The molecule has 1 aromatic heterocycles. The number of hydrogen-bond donors (Lipinski definition) is 1. The van der Waals surface area contributed by atoms with E-state index in [4.69, 9.17) is 5.73 Å². The number of hydrogen-bond acceptors (Lipinski definition) is 3. The molecule has 0 saturated carbocycles. The van der Waals surface area contributed by atoms with Crippen molar-refractivity contribution in [2.75, 3.05) is 13.1 Å². The van der Waals surface area contributed by atoms with Crippen molar-refractivity contribution in [1.29, 1.82) is 0 Å². The topological polar surface area (TPSA) is 42.1 Å². The maximum atomic E-state index is 5.99. The van der Waals surface area contributed by atoms with E-state index in [9.17, 15) is 0 Å². The molecule has 17 heavy (non-hydrogen) atoms. The Hall–Kier alpha value is -0.930. The molecule has 1 fully saturated rings. The van der Waals surface area contributed by atoms with E-state index < -0.39 is 0 Å². The Morgan fingerprint density at radius 1 is 1.35 bits per heavy atom. The zero-order valence-electron chi connectivity index (χ0n) is 10.7. The highest BCUT2D eigenvalue weighted by Crippen LogP contribution is 2.26. The van der Waals surface area contributed by atoms with Gasteiger partial charge in [-0.2, -0.15) is 0 Å². The van der Waals surface area contributed by atoms with Gasteiger partial charge in [-0.25, -0.2) is 0 Å². The van der Waals surface area contributed by atoms with Crippen LogP contribution in [0.15, 0.2) is 24.5 Å². The predicted molar refractivity (Wildman–Crippen MR) is 70.7 cm³/mol. The van der Waals surface area contributed by atoms with Gasteiger partial charge in [-0.15, -0.1) is 0 Å². The van der Waals surface area contributed by atoms with Crippen molar-refractivity contribution in [1.82, 2.24) is 9.88 Å². The molecule has 0 aliphatic carbocycles. The third-order valence-corrected chi connectivity index (χ3v) is 3.82. The van der Waals surface area contributed by atoms with Crippen LogP contribution in [-0.2, 0) is 0 Å². The lowest BCUT2D eigenvalue weighted by Crippen LogP contribution is -2.39. The molecular weight excluding hydrogens is 210 g/mol. The van der Waals surface area contributed by atoms with E-state index in [2.05, 4.69) is 28.9 Å². The molecule has 1 aliphatic heterocycles. The smallest absolute Gasteiger partial charge is 0.0474 e. The first-order valence-electron chi connectivity index (χ1n) is 6.68. The minimum Gasteiger partial charge on any atom is -0.329 e. The van der Waals surface area contributed by atoms with Crippen LogP contribution in [-0.4, -0.2) is 29.0 Å². The largest absolute Gasteiger partial charge is 0.329 e. The Labute approximate surface area is 104 Å². The first-order valence-corrected chi connectivity index (χ1v) is 6.68. The highest BCUT2D eigenvalue weighted by Gasteiger charge is 2.24. The van der Waals surface area contributed by atoms with Gasteiger partial charge in [0, 0.05) is 31.0 Å². The van der Waals surface area contributed by atoms with Gasteiger partial charge in [-0.05, 0) is 44.0 Å². The Bertz CT molecular complexity index is 325. The standard InChI is InChI=1S/C14H23N3/c1-12-5-3-2-4-10-17(12)14(11-15)13-6-8-16-9-7-13/h6-9,12,14H,2-5,10-11,15H2,1H3. The van der Waals surface area contributed by atoms with Crippen LogP contribution in [0.25, 0.3) is 0 Å². The van der Waals surface area contributed by atoms with E-state index in [1.165, 1.54) is 37.8 Å². The highest BCUT2D eigenvalue weighted by atomic mass is 15.2. The molecule has 3 heteroatoms. The molecular formula is C14H23N3. The zero-order chi connectivity index (χ0) is 12.1. The molecule has 2 heterocycles. The summed E-state index contributed by atoms with van der Waals surface area (Å²) in [6, 6.07) is 5.18. The van der Waals surface area contributed by atoms with Crippen molar-refractivity contribution < 1.29 is 0 Å². The van der Waals surface area contributed by atoms with Crippen LogP contribution < -0.4 is 5.73 Å². The minimum absolute atomic E-state index is 0.353. The number of nitrogens with two attached hydrogens (primary N) is 1. The molecule has 2 unspecified atom stereocenters. The number of rotatable bonds is 3. The maximum Gasteiger partial charge on any atom is 0.0474 e. The van der Waals surface area contributed by atoms with Crippen molar-refractivity contribution in [3.8, 4) is 0 Å². The van der Waals surface area contributed by atoms with Crippen molar-refractivity contribution >= 4 is 0 Å². The molecule has 0 amide bonds. The van der Waals surface area contributed by atoms with Crippen LogP contribution in [0.2, 0.25) is 0 Å². The van der Waals surface area contributed by atoms with Crippen LogP contribution in [0.1, 0.15) is 44.2 Å². The van der Waals surface area contributed by atoms with Gasteiger partial charge < -0.3 is 5.73 Å². The number of likely N-dealkylation sites (tertiary alicyclic amines) is 1. The fraction of sp³-hybridized carbons (Fsp3) is 0.643. The van der Waals surface area contributed by atoms with Gasteiger partial charge in [0.15, 0.2) is 0 Å². The SMILES string of the molecule is CC1CCCCCN1C(CN)c1ccncc1. The van der Waals surface area contributed by atoms with E-state index in [0.717, 1.165) is 0 Å². The Balaban J connectivity index is 2.16. The Morgan fingerprint density at radius 3 is 2.82 bits per heavy atom. The van der Waals surface area contributed by atoms with Gasteiger partial charge in [0.05, 0.1) is 0 Å². The average molecular weight is 233 g/mol. The first-order chi connectivity index (χ1) is 8.33. The fourth-order valence-corrected chi connectivity index (χ4v) is 2.81. The van der Waals surface area contributed by atoms with Gasteiger partial charge in [0.2, 0.25) is 0 Å². The monoisotopic (exact) mass is 233 g/mol. The summed E-state index contributed by atoms with van der Waals surface area (Å²) in [7, 11) is 0. The Morgan fingerprint density at radius 2 is 2.12 bits per heavy atom. The molecule has 2 N–H and O–H groups in total. The summed E-state index contributed by atoms with van der Waals surface area (Å²) in [6.45, 7) is 4.19. The van der Waals surface area contributed by atoms with Gasteiger partial charge in [-0.3, -0.25) is 9.88 Å². The van der Waals surface area contributed by atoms with E-state index >= 15 is 0 Å². The molecule has 0 spiro atoms. The van der Waals surface area contributed by atoms with Crippen molar-refractivity contribution in [2.45, 2.75) is 44.7 Å². The quantitative estimate of drug-likeness (QED) is 0.871. The molecule has 1 saturated heterocycles. The lowest BCUT2D eigenvalue weighted by atomic mass is 10.0. The molecule has 0 bridgehead atoms. The molecule has 94 valence electrons. The third kappa shape index (κ3) is 3.05. The summed E-state index contributed by atoms with van der Waals surface area (Å²) in [6.07, 6.45) is 9.02. The van der Waals surface area contributed by atoms with E-state index in [1.54, 1.807) is 0 Å². The number of pyridine rings is 1. The maximum absolute atomic E-state index is 5.99. The summed E-state index contributed by atoms with van der Waals surface area (Å²) < 4.78 is 0. The number of nitrogens with zero attached hydrogens (tertiary/aromatic N) is 2. The summed E-state index contributed by atoms with van der Waals surface area (Å²) >= 11 is 0. The van der Waals surface area contributed by atoms with Crippen molar-refractivity contribution in [2.24, 2.45) is 5.73 Å². The van der Waals surface area contributed by atoms with Gasteiger partial charge in [-0.1, -0.05) is 12.8 Å². The van der Waals surface area contributed by atoms with Crippen LogP contribution in [0.3, 0.4) is 0 Å². The number of aromatic nitrogens is 1. The highest BCUT2D eigenvalue weighted by molar-refractivity contribution is 5.16. The summed E-state index contributed by atoms with van der Waals surface area (Å²) in [5.74, 6) is 0. The molecule has 2 rings (SSSR count). The predicted octanol–water partition coefficient (Wildman–Crippen LogP) is 2.35. The lowest BCUT2D eigenvalue weighted by molar-refractivity contribution is 0.150. The second-order valence-corrected chi connectivity index (χ2v) is 4.97.